The largest absolute Gasteiger partial charge is 0.358 e. The van der Waals surface area contributed by atoms with E-state index in [2.05, 4.69) is 41.3 Å². The van der Waals surface area contributed by atoms with Crippen LogP contribution in [0.2, 0.25) is 15.1 Å². The molecule has 1 fully saturated rings. The van der Waals surface area contributed by atoms with Gasteiger partial charge in [-0.3, -0.25) is 9.88 Å². The van der Waals surface area contributed by atoms with Gasteiger partial charge in [-0.15, -0.1) is 0 Å². The van der Waals surface area contributed by atoms with Gasteiger partial charge in [0.1, 0.15) is 6.10 Å². The summed E-state index contributed by atoms with van der Waals surface area (Å²) in [5.74, 6) is 0. The van der Waals surface area contributed by atoms with Crippen LogP contribution in [0.25, 0.3) is 11.1 Å². The molecule has 3 heterocycles. The van der Waals surface area contributed by atoms with Crippen LogP contribution < -0.4 is 0 Å². The van der Waals surface area contributed by atoms with Gasteiger partial charge in [0.25, 0.3) is 0 Å². The predicted molar refractivity (Wildman–Crippen MR) is 147 cm³/mol. The number of rotatable bonds is 4. The Morgan fingerprint density at radius 1 is 0.806 bits per heavy atom. The van der Waals surface area contributed by atoms with Crippen molar-refractivity contribution in [3.05, 3.63) is 123 Å². The highest BCUT2D eigenvalue weighted by molar-refractivity contribution is 6.34. The summed E-state index contributed by atoms with van der Waals surface area (Å²) in [7, 11) is 0. The number of hydrogen-bond donors (Lipinski definition) is 0. The minimum Gasteiger partial charge on any atom is -0.358 e. The van der Waals surface area contributed by atoms with E-state index in [-0.39, 0.29) is 11.7 Å². The number of piperidine rings is 1. The van der Waals surface area contributed by atoms with Crippen molar-refractivity contribution in [2.45, 2.75) is 31.1 Å². The summed E-state index contributed by atoms with van der Waals surface area (Å²) >= 11 is 18.7. The van der Waals surface area contributed by atoms with E-state index in [4.69, 9.17) is 44.5 Å². The summed E-state index contributed by atoms with van der Waals surface area (Å²) in [6.07, 6.45) is 3.64. The minimum absolute atomic E-state index is 0.161. The van der Waals surface area contributed by atoms with Crippen LogP contribution >= 0.6 is 34.8 Å². The molecule has 3 aromatic carbocycles. The van der Waals surface area contributed by atoms with Crippen molar-refractivity contribution in [3.8, 4) is 11.1 Å². The Hall–Kier alpha value is -2.40. The monoisotopic (exact) mass is 534 g/mol. The zero-order chi connectivity index (χ0) is 24.7. The van der Waals surface area contributed by atoms with Crippen LogP contribution in [0.4, 0.5) is 0 Å². The summed E-state index contributed by atoms with van der Waals surface area (Å²) in [5, 5.41) is 2.00. The van der Waals surface area contributed by atoms with Gasteiger partial charge < -0.3 is 4.74 Å². The maximum Gasteiger partial charge on any atom is 0.109 e. The molecule has 2 aliphatic rings. The molecule has 1 spiro atoms. The van der Waals surface area contributed by atoms with Gasteiger partial charge in [0.15, 0.2) is 0 Å². The standard InChI is InChI=1S/C30H25Cl3N2O/c31-23-8-5-20(6-9-23)21-7-10-26(34-18-21)19-35-13-11-30(12-14-35)28-4-2-1-3-27(28)29(36-30)22-15-24(32)17-25(33)16-22/h1-10,15-18,29H,11-14,19H2. The summed E-state index contributed by atoms with van der Waals surface area (Å²) in [4.78, 5) is 7.20. The number of fused-ring (bicyclic) bond motifs is 2. The van der Waals surface area contributed by atoms with Gasteiger partial charge in [0.2, 0.25) is 0 Å². The predicted octanol–water partition coefficient (Wildman–Crippen LogP) is 8.32. The molecule has 1 unspecified atom stereocenters. The lowest BCUT2D eigenvalue weighted by Crippen LogP contribution is -2.42. The normalized spacial score (nSPS) is 18.9. The van der Waals surface area contributed by atoms with Crippen molar-refractivity contribution in [2.75, 3.05) is 13.1 Å². The second-order valence-corrected chi connectivity index (χ2v) is 10.9. The van der Waals surface area contributed by atoms with Gasteiger partial charge >= 0.3 is 0 Å². The molecule has 0 radical (unpaired) electrons. The molecule has 3 nitrogen and oxygen atoms in total. The Bertz CT molecular complexity index is 1360. The number of pyridine rings is 1. The molecule has 182 valence electrons. The van der Waals surface area contributed by atoms with Gasteiger partial charge in [0.05, 0.1) is 11.3 Å². The molecule has 1 aromatic heterocycles. The lowest BCUT2D eigenvalue weighted by Gasteiger charge is -2.39. The van der Waals surface area contributed by atoms with Crippen molar-refractivity contribution in [2.24, 2.45) is 0 Å². The van der Waals surface area contributed by atoms with E-state index in [0.717, 1.165) is 59.9 Å². The van der Waals surface area contributed by atoms with Crippen molar-refractivity contribution >= 4 is 34.8 Å². The Kier molecular flexibility index (Phi) is 6.53. The lowest BCUT2D eigenvalue weighted by molar-refractivity contribution is -0.0979. The highest BCUT2D eigenvalue weighted by atomic mass is 35.5. The number of hydrogen-bond acceptors (Lipinski definition) is 3. The average molecular weight is 536 g/mol. The fraction of sp³-hybridized carbons (Fsp3) is 0.233. The van der Waals surface area contributed by atoms with Crippen LogP contribution in [0.1, 0.15) is 41.3 Å². The van der Waals surface area contributed by atoms with Crippen LogP contribution in [-0.4, -0.2) is 23.0 Å². The fourth-order valence-corrected chi connectivity index (χ4v) is 6.16. The van der Waals surface area contributed by atoms with Crippen molar-refractivity contribution in [1.29, 1.82) is 0 Å². The second kappa shape index (κ2) is 9.81. The van der Waals surface area contributed by atoms with E-state index >= 15 is 0 Å². The Balaban J connectivity index is 1.16. The van der Waals surface area contributed by atoms with Crippen molar-refractivity contribution in [3.63, 3.8) is 0 Å². The van der Waals surface area contributed by atoms with E-state index in [1.54, 1.807) is 6.07 Å². The number of aromatic nitrogens is 1. The Labute approximate surface area is 226 Å². The van der Waals surface area contributed by atoms with E-state index in [1.165, 1.54) is 11.1 Å². The molecule has 1 saturated heterocycles. The van der Waals surface area contributed by atoms with Crippen LogP contribution in [0.3, 0.4) is 0 Å². The molecule has 0 aliphatic carbocycles. The first kappa shape index (κ1) is 24.0. The third kappa shape index (κ3) is 4.67. The molecule has 6 heteroatoms. The molecule has 36 heavy (non-hydrogen) atoms. The summed E-state index contributed by atoms with van der Waals surface area (Å²) in [6.45, 7) is 2.71. The molecule has 0 saturated carbocycles. The quantitative estimate of drug-likeness (QED) is 0.263. The lowest BCUT2D eigenvalue weighted by atomic mass is 9.83. The highest BCUT2D eigenvalue weighted by Gasteiger charge is 2.47. The van der Waals surface area contributed by atoms with Gasteiger partial charge in [-0.25, -0.2) is 0 Å². The zero-order valence-corrected chi connectivity index (χ0v) is 21.9. The average Bonchev–Trinajstić information content (AvgIpc) is 3.20. The van der Waals surface area contributed by atoms with Crippen molar-refractivity contribution < 1.29 is 4.74 Å². The minimum atomic E-state index is -0.293. The molecule has 1 atom stereocenters. The first-order valence-electron chi connectivity index (χ1n) is 12.2. The van der Waals surface area contributed by atoms with Crippen LogP contribution in [-0.2, 0) is 16.9 Å². The molecule has 2 aliphatic heterocycles. The zero-order valence-electron chi connectivity index (χ0n) is 19.6. The Morgan fingerprint density at radius 3 is 2.19 bits per heavy atom. The fourth-order valence-electron chi connectivity index (χ4n) is 5.49. The molecular formula is C30H25Cl3N2O. The van der Waals surface area contributed by atoms with E-state index < -0.39 is 0 Å². The first-order valence-corrected chi connectivity index (χ1v) is 13.3. The molecule has 0 N–H and O–H groups in total. The first-order chi connectivity index (χ1) is 17.5. The van der Waals surface area contributed by atoms with Gasteiger partial charge in [-0.2, -0.15) is 0 Å². The number of ether oxygens (including phenoxy) is 1. The number of likely N-dealkylation sites (tertiary alicyclic amines) is 1. The molecular weight excluding hydrogens is 511 g/mol. The maximum absolute atomic E-state index is 6.86. The second-order valence-electron chi connectivity index (χ2n) is 9.60. The smallest absolute Gasteiger partial charge is 0.109 e. The van der Waals surface area contributed by atoms with Crippen molar-refractivity contribution in [1.82, 2.24) is 9.88 Å². The molecule has 4 aromatic rings. The summed E-state index contributed by atoms with van der Waals surface area (Å²) in [5.41, 5.74) is 6.49. The van der Waals surface area contributed by atoms with Gasteiger partial charge in [-0.1, -0.05) is 77.3 Å². The molecule has 0 bridgehead atoms. The van der Waals surface area contributed by atoms with Gasteiger partial charge in [-0.05, 0) is 71.5 Å². The Morgan fingerprint density at radius 2 is 1.50 bits per heavy atom. The van der Waals surface area contributed by atoms with Crippen LogP contribution in [0, 0.1) is 0 Å². The van der Waals surface area contributed by atoms with Crippen LogP contribution in [0.15, 0.2) is 85.1 Å². The van der Waals surface area contributed by atoms with Crippen LogP contribution in [0.5, 0.6) is 0 Å². The molecule has 0 amide bonds. The van der Waals surface area contributed by atoms with E-state index in [9.17, 15) is 0 Å². The number of benzene rings is 3. The summed E-state index contributed by atoms with van der Waals surface area (Å²) in [6, 6.07) is 26.4. The van der Waals surface area contributed by atoms with Gasteiger partial charge in [0, 0.05) is 46.5 Å². The highest BCUT2D eigenvalue weighted by Crippen LogP contribution is 2.51. The van der Waals surface area contributed by atoms with E-state index in [0.29, 0.717) is 10.0 Å². The summed E-state index contributed by atoms with van der Waals surface area (Å²) < 4.78 is 6.86. The SMILES string of the molecule is Clc1ccc(-c2ccc(CN3CCC4(CC3)OC(c3cc(Cl)cc(Cl)c3)c3ccccc34)nc2)cc1. The maximum atomic E-state index is 6.86. The third-order valence-electron chi connectivity index (χ3n) is 7.32. The van der Waals surface area contributed by atoms with E-state index in [1.807, 2.05) is 42.6 Å². The number of halogens is 3. The number of nitrogens with zero attached hydrogens (tertiary/aromatic N) is 2. The topological polar surface area (TPSA) is 25.4 Å². The molecule has 6 rings (SSSR count). The third-order valence-corrected chi connectivity index (χ3v) is 8.01.